The minimum absolute atomic E-state index is 0.0500. The summed E-state index contributed by atoms with van der Waals surface area (Å²) in [7, 11) is 0. The topological polar surface area (TPSA) is 48.1 Å². The lowest BCUT2D eigenvalue weighted by molar-refractivity contribution is 0.262. The summed E-state index contributed by atoms with van der Waals surface area (Å²) in [4.78, 5) is 4.34. The van der Waals surface area contributed by atoms with Gasteiger partial charge in [0.15, 0.2) is 0 Å². The molecule has 0 radical (unpaired) electrons. The van der Waals surface area contributed by atoms with Gasteiger partial charge in [0.05, 0.1) is 0 Å². The van der Waals surface area contributed by atoms with E-state index in [0.29, 0.717) is 12.5 Å². The molecular weight excluding hydrogens is 212 g/mol. The van der Waals surface area contributed by atoms with Gasteiger partial charge >= 0.3 is 0 Å². The quantitative estimate of drug-likeness (QED) is 0.878. The Hall–Kier alpha value is -1.61. The molecule has 3 nitrogen and oxygen atoms in total. The normalized spacial score (nSPS) is 12.9. The number of aromatic nitrogens is 1. The molecule has 2 rings (SSSR count). The summed E-state index contributed by atoms with van der Waals surface area (Å²) in [6.45, 7) is 4.71. The number of hydrogen-bond acceptors (Lipinski definition) is 3. The van der Waals surface area contributed by atoms with Gasteiger partial charge in [0, 0.05) is 17.6 Å². The predicted octanol–water partition coefficient (Wildman–Crippen LogP) is 2.60. The van der Waals surface area contributed by atoms with Crippen LogP contribution in [0.3, 0.4) is 0 Å². The van der Waals surface area contributed by atoms with Gasteiger partial charge in [-0.25, -0.2) is 0 Å². The molecule has 17 heavy (non-hydrogen) atoms. The molecule has 0 aliphatic heterocycles. The van der Waals surface area contributed by atoms with Crippen LogP contribution >= 0.6 is 0 Å². The predicted molar refractivity (Wildman–Crippen MR) is 70.1 cm³/mol. The Balaban J connectivity index is 2.19. The van der Waals surface area contributed by atoms with E-state index < -0.39 is 0 Å². The second kappa shape index (κ2) is 5.15. The molecule has 0 saturated heterocycles. The molecule has 0 bridgehead atoms. The van der Waals surface area contributed by atoms with E-state index in [1.807, 2.05) is 30.3 Å². The van der Waals surface area contributed by atoms with E-state index in [1.54, 1.807) is 6.20 Å². The summed E-state index contributed by atoms with van der Waals surface area (Å²) in [6.07, 6.45) is 1.78. The van der Waals surface area contributed by atoms with Gasteiger partial charge in [-0.05, 0) is 18.1 Å². The zero-order valence-corrected chi connectivity index (χ0v) is 10.3. The Morgan fingerprint density at radius 2 is 2.00 bits per heavy atom. The van der Waals surface area contributed by atoms with Crippen molar-refractivity contribution >= 4 is 10.9 Å². The van der Waals surface area contributed by atoms with E-state index in [1.165, 1.54) is 0 Å². The molecule has 0 spiro atoms. The van der Waals surface area contributed by atoms with Crippen LogP contribution in [-0.2, 0) is 0 Å². The van der Waals surface area contributed by atoms with Crippen molar-refractivity contribution in [1.82, 2.24) is 4.98 Å². The molecule has 1 atom stereocenters. The van der Waals surface area contributed by atoms with Gasteiger partial charge < -0.3 is 10.5 Å². The molecule has 0 saturated carbocycles. The Morgan fingerprint density at radius 3 is 2.76 bits per heavy atom. The lowest BCUT2D eigenvalue weighted by Crippen LogP contribution is -2.33. The van der Waals surface area contributed by atoms with Crippen molar-refractivity contribution in [3.05, 3.63) is 36.5 Å². The van der Waals surface area contributed by atoms with Crippen LogP contribution in [0.15, 0.2) is 36.5 Å². The Labute approximate surface area is 102 Å². The molecular formula is C14H18N2O. The SMILES string of the molecule is CC(C)[C@@H](N)COc1cccc2cccnc12. The number of para-hydroxylation sites is 1. The fourth-order valence-corrected chi connectivity index (χ4v) is 1.57. The van der Waals surface area contributed by atoms with Crippen LogP contribution in [0.1, 0.15) is 13.8 Å². The van der Waals surface area contributed by atoms with Crippen molar-refractivity contribution in [2.75, 3.05) is 6.61 Å². The van der Waals surface area contributed by atoms with Crippen LogP contribution < -0.4 is 10.5 Å². The van der Waals surface area contributed by atoms with Crippen LogP contribution in [0.2, 0.25) is 0 Å². The van der Waals surface area contributed by atoms with Crippen molar-refractivity contribution in [3.8, 4) is 5.75 Å². The fourth-order valence-electron chi connectivity index (χ4n) is 1.57. The standard InChI is InChI=1S/C14H18N2O/c1-10(2)12(15)9-17-13-7-3-5-11-6-4-8-16-14(11)13/h3-8,10,12H,9,15H2,1-2H3/t12-/m0/s1. The highest BCUT2D eigenvalue weighted by atomic mass is 16.5. The third-order valence-electron chi connectivity index (χ3n) is 2.88. The summed E-state index contributed by atoms with van der Waals surface area (Å²) in [5, 5.41) is 1.09. The van der Waals surface area contributed by atoms with Crippen molar-refractivity contribution < 1.29 is 4.74 Å². The Kier molecular flexibility index (Phi) is 3.59. The van der Waals surface area contributed by atoms with E-state index in [2.05, 4.69) is 18.8 Å². The molecule has 1 aromatic heterocycles. The maximum atomic E-state index is 5.96. The lowest BCUT2D eigenvalue weighted by atomic mass is 10.1. The molecule has 3 heteroatoms. The van der Waals surface area contributed by atoms with Gasteiger partial charge in [-0.15, -0.1) is 0 Å². The molecule has 0 fully saturated rings. The monoisotopic (exact) mass is 230 g/mol. The minimum atomic E-state index is 0.0500. The van der Waals surface area contributed by atoms with Gasteiger partial charge in [-0.1, -0.05) is 32.0 Å². The van der Waals surface area contributed by atoms with E-state index in [9.17, 15) is 0 Å². The number of rotatable bonds is 4. The third kappa shape index (κ3) is 2.74. The van der Waals surface area contributed by atoms with Crippen LogP contribution in [0.5, 0.6) is 5.75 Å². The van der Waals surface area contributed by atoms with Gasteiger partial charge in [-0.3, -0.25) is 4.98 Å². The average Bonchev–Trinajstić information content (AvgIpc) is 2.35. The van der Waals surface area contributed by atoms with Gasteiger partial charge in [0.2, 0.25) is 0 Å². The number of nitrogens with zero attached hydrogens (tertiary/aromatic N) is 1. The van der Waals surface area contributed by atoms with Crippen LogP contribution in [0, 0.1) is 5.92 Å². The highest BCUT2D eigenvalue weighted by molar-refractivity contribution is 5.84. The molecule has 0 aliphatic rings. The zero-order valence-electron chi connectivity index (χ0n) is 10.3. The van der Waals surface area contributed by atoms with E-state index in [0.717, 1.165) is 16.7 Å². The van der Waals surface area contributed by atoms with Crippen LogP contribution in [0.25, 0.3) is 10.9 Å². The lowest BCUT2D eigenvalue weighted by Gasteiger charge is -2.16. The molecule has 0 amide bonds. The molecule has 2 aromatic rings. The maximum absolute atomic E-state index is 5.96. The second-order valence-corrected chi connectivity index (χ2v) is 4.55. The Morgan fingerprint density at radius 1 is 1.24 bits per heavy atom. The van der Waals surface area contributed by atoms with Crippen molar-refractivity contribution in [2.24, 2.45) is 11.7 Å². The van der Waals surface area contributed by atoms with Crippen molar-refractivity contribution in [2.45, 2.75) is 19.9 Å². The van der Waals surface area contributed by atoms with Crippen molar-refractivity contribution in [1.29, 1.82) is 0 Å². The highest BCUT2D eigenvalue weighted by Gasteiger charge is 2.09. The number of nitrogens with two attached hydrogens (primary N) is 1. The van der Waals surface area contributed by atoms with E-state index in [4.69, 9.17) is 10.5 Å². The van der Waals surface area contributed by atoms with Crippen LogP contribution in [-0.4, -0.2) is 17.6 Å². The summed E-state index contributed by atoms with van der Waals surface area (Å²) < 4.78 is 5.75. The third-order valence-corrected chi connectivity index (χ3v) is 2.88. The average molecular weight is 230 g/mol. The largest absolute Gasteiger partial charge is 0.490 e. The number of benzene rings is 1. The Bertz CT molecular complexity index is 491. The highest BCUT2D eigenvalue weighted by Crippen LogP contribution is 2.23. The number of pyridine rings is 1. The summed E-state index contributed by atoms with van der Waals surface area (Å²) in [5.41, 5.74) is 6.86. The fraction of sp³-hybridized carbons (Fsp3) is 0.357. The minimum Gasteiger partial charge on any atom is -0.490 e. The number of fused-ring (bicyclic) bond motifs is 1. The summed E-state index contributed by atoms with van der Waals surface area (Å²) in [6, 6.07) is 9.93. The summed E-state index contributed by atoms with van der Waals surface area (Å²) >= 11 is 0. The first-order chi connectivity index (χ1) is 8.18. The van der Waals surface area contributed by atoms with Gasteiger partial charge in [0.1, 0.15) is 17.9 Å². The molecule has 0 aliphatic carbocycles. The van der Waals surface area contributed by atoms with E-state index in [-0.39, 0.29) is 6.04 Å². The second-order valence-electron chi connectivity index (χ2n) is 4.55. The first kappa shape index (κ1) is 11.9. The zero-order chi connectivity index (χ0) is 12.3. The summed E-state index contributed by atoms with van der Waals surface area (Å²) in [5.74, 6) is 1.22. The first-order valence-electron chi connectivity index (χ1n) is 5.90. The molecule has 1 heterocycles. The van der Waals surface area contributed by atoms with Gasteiger partial charge in [0.25, 0.3) is 0 Å². The number of ether oxygens (including phenoxy) is 1. The van der Waals surface area contributed by atoms with Crippen molar-refractivity contribution in [3.63, 3.8) is 0 Å². The van der Waals surface area contributed by atoms with Crippen LogP contribution in [0.4, 0.5) is 0 Å². The van der Waals surface area contributed by atoms with Gasteiger partial charge in [-0.2, -0.15) is 0 Å². The first-order valence-corrected chi connectivity index (χ1v) is 5.90. The molecule has 90 valence electrons. The molecule has 1 aromatic carbocycles. The smallest absolute Gasteiger partial charge is 0.145 e. The van der Waals surface area contributed by atoms with E-state index >= 15 is 0 Å². The maximum Gasteiger partial charge on any atom is 0.145 e. The molecule has 0 unspecified atom stereocenters. The molecule has 2 N–H and O–H groups in total. The number of hydrogen-bond donors (Lipinski definition) is 1.